The standard InChI is InChI=1S/C19H27N3O3.C2HF3O2/c1-20-11-16(19(24)25)12-21-9-10-22(14-17(21)13-20)18(23)8-7-15-5-3-2-4-6-15;3-2(4,5)1(6)7/h2-6,16-17H,7-14H2,1H3,(H,24,25);(H,6,7). The SMILES string of the molecule is CN1CC(C(=O)O)CN2CCN(C(=O)CCc3ccccc3)CC2C1.O=C(O)C(F)(F)F. The molecule has 3 rings (SSSR count). The van der Waals surface area contributed by atoms with Crippen LogP contribution in [0.3, 0.4) is 0 Å². The summed E-state index contributed by atoms with van der Waals surface area (Å²) < 4.78 is 31.7. The number of piperazine rings is 1. The Labute approximate surface area is 184 Å². The Kier molecular flexibility index (Phi) is 9.02. The van der Waals surface area contributed by atoms with Gasteiger partial charge in [-0.2, -0.15) is 13.2 Å². The predicted octanol–water partition coefficient (Wildman–Crippen LogP) is 1.41. The van der Waals surface area contributed by atoms with Crippen molar-refractivity contribution in [2.45, 2.75) is 25.1 Å². The zero-order valence-electron chi connectivity index (χ0n) is 17.8. The molecule has 1 aromatic rings. The van der Waals surface area contributed by atoms with Crippen LogP contribution in [-0.4, -0.2) is 101 Å². The summed E-state index contributed by atoms with van der Waals surface area (Å²) in [6.45, 7) is 4.12. The number of rotatable bonds is 4. The quantitative estimate of drug-likeness (QED) is 0.702. The number of likely N-dealkylation sites (N-methyl/N-ethyl adjacent to an activating group) is 1. The van der Waals surface area contributed by atoms with Gasteiger partial charge in [0.25, 0.3) is 0 Å². The molecule has 1 amide bonds. The number of nitrogens with zero attached hydrogens (tertiary/aromatic N) is 3. The number of carboxylic acid groups (broad SMARTS) is 2. The van der Waals surface area contributed by atoms with Crippen molar-refractivity contribution in [1.82, 2.24) is 14.7 Å². The van der Waals surface area contributed by atoms with Gasteiger partial charge in [0.1, 0.15) is 0 Å². The van der Waals surface area contributed by atoms with Gasteiger partial charge in [-0.15, -0.1) is 0 Å². The molecule has 0 spiro atoms. The lowest BCUT2D eigenvalue weighted by Gasteiger charge is -2.41. The van der Waals surface area contributed by atoms with Crippen molar-refractivity contribution < 1.29 is 37.8 Å². The van der Waals surface area contributed by atoms with Crippen molar-refractivity contribution in [3.05, 3.63) is 35.9 Å². The van der Waals surface area contributed by atoms with Crippen LogP contribution >= 0.6 is 0 Å². The highest BCUT2D eigenvalue weighted by Gasteiger charge is 2.38. The molecule has 178 valence electrons. The minimum atomic E-state index is -5.08. The van der Waals surface area contributed by atoms with E-state index in [-0.39, 0.29) is 17.9 Å². The largest absolute Gasteiger partial charge is 0.490 e. The van der Waals surface area contributed by atoms with Crippen molar-refractivity contribution in [3.63, 3.8) is 0 Å². The number of amides is 1. The zero-order valence-corrected chi connectivity index (χ0v) is 17.8. The van der Waals surface area contributed by atoms with Crippen LogP contribution in [0.4, 0.5) is 13.2 Å². The highest BCUT2D eigenvalue weighted by atomic mass is 19.4. The van der Waals surface area contributed by atoms with Crippen molar-refractivity contribution in [2.75, 3.05) is 46.3 Å². The second-order valence-corrected chi connectivity index (χ2v) is 8.03. The van der Waals surface area contributed by atoms with E-state index in [1.165, 1.54) is 5.56 Å². The third-order valence-corrected chi connectivity index (χ3v) is 5.53. The average Bonchev–Trinajstić information content (AvgIpc) is 2.90. The molecule has 0 radical (unpaired) electrons. The molecule has 0 aliphatic carbocycles. The van der Waals surface area contributed by atoms with Crippen LogP contribution in [0.15, 0.2) is 30.3 Å². The van der Waals surface area contributed by atoms with Gasteiger partial charge in [-0.1, -0.05) is 30.3 Å². The van der Waals surface area contributed by atoms with Gasteiger partial charge in [-0.3, -0.25) is 14.5 Å². The molecule has 2 aliphatic rings. The van der Waals surface area contributed by atoms with E-state index < -0.39 is 18.1 Å². The second kappa shape index (κ2) is 11.3. The fourth-order valence-electron chi connectivity index (χ4n) is 3.89. The normalized spacial score (nSPS) is 22.2. The van der Waals surface area contributed by atoms with Crippen molar-refractivity contribution >= 4 is 17.8 Å². The number of hydrogen-bond acceptors (Lipinski definition) is 5. The highest BCUT2D eigenvalue weighted by Crippen LogP contribution is 2.19. The molecule has 2 N–H and O–H groups in total. The Bertz CT molecular complexity index is 791. The Morgan fingerprint density at radius 1 is 1.00 bits per heavy atom. The first-order valence-electron chi connectivity index (χ1n) is 10.2. The van der Waals surface area contributed by atoms with Crippen molar-refractivity contribution in [3.8, 4) is 0 Å². The van der Waals surface area contributed by atoms with Crippen LogP contribution in [0, 0.1) is 5.92 Å². The van der Waals surface area contributed by atoms with Gasteiger partial charge in [0.05, 0.1) is 5.92 Å². The number of carboxylic acids is 2. The number of aliphatic carboxylic acids is 2. The van der Waals surface area contributed by atoms with Crippen LogP contribution in [0.25, 0.3) is 0 Å². The maximum atomic E-state index is 12.6. The molecule has 2 aliphatic heterocycles. The second-order valence-electron chi connectivity index (χ2n) is 8.03. The third kappa shape index (κ3) is 7.79. The lowest BCUT2D eigenvalue weighted by atomic mass is 10.1. The molecule has 0 aromatic heterocycles. The van der Waals surface area contributed by atoms with Gasteiger partial charge >= 0.3 is 18.1 Å². The first-order valence-corrected chi connectivity index (χ1v) is 10.2. The summed E-state index contributed by atoms with van der Waals surface area (Å²) in [5, 5.41) is 16.5. The summed E-state index contributed by atoms with van der Waals surface area (Å²) in [5.74, 6) is -3.64. The minimum absolute atomic E-state index is 0.199. The Morgan fingerprint density at radius 2 is 1.62 bits per heavy atom. The van der Waals surface area contributed by atoms with Crippen LogP contribution in [0.5, 0.6) is 0 Å². The molecule has 2 unspecified atom stereocenters. The summed E-state index contributed by atoms with van der Waals surface area (Å²) in [6, 6.07) is 10.3. The van der Waals surface area contributed by atoms with Crippen molar-refractivity contribution in [2.24, 2.45) is 5.92 Å². The maximum absolute atomic E-state index is 12.6. The number of aryl methyl sites for hydroxylation is 1. The van der Waals surface area contributed by atoms with Crippen molar-refractivity contribution in [1.29, 1.82) is 0 Å². The fourth-order valence-corrected chi connectivity index (χ4v) is 3.89. The predicted molar refractivity (Wildman–Crippen MR) is 109 cm³/mol. The number of benzene rings is 1. The summed E-state index contributed by atoms with van der Waals surface area (Å²) >= 11 is 0. The molecule has 32 heavy (non-hydrogen) atoms. The number of carbonyl (C=O) groups is 3. The molecule has 0 saturated carbocycles. The van der Waals surface area contributed by atoms with E-state index in [1.807, 2.05) is 30.1 Å². The van der Waals surface area contributed by atoms with Gasteiger partial charge in [0, 0.05) is 51.7 Å². The third-order valence-electron chi connectivity index (χ3n) is 5.53. The maximum Gasteiger partial charge on any atom is 0.490 e. The van der Waals surface area contributed by atoms with E-state index in [0.717, 1.165) is 19.5 Å². The molecule has 2 heterocycles. The summed E-state index contributed by atoms with van der Waals surface area (Å²) in [7, 11) is 1.97. The van der Waals surface area contributed by atoms with Gasteiger partial charge in [-0.05, 0) is 19.0 Å². The van der Waals surface area contributed by atoms with Crippen LogP contribution < -0.4 is 0 Å². The molecule has 2 atom stereocenters. The Hall–Kier alpha value is -2.66. The van der Waals surface area contributed by atoms with Crippen LogP contribution in [-0.2, 0) is 20.8 Å². The lowest BCUT2D eigenvalue weighted by Crippen LogP contribution is -2.57. The van der Waals surface area contributed by atoms with Gasteiger partial charge in [0.2, 0.25) is 5.91 Å². The van der Waals surface area contributed by atoms with E-state index >= 15 is 0 Å². The Balaban J connectivity index is 0.000000451. The van der Waals surface area contributed by atoms with Crippen LogP contribution in [0.2, 0.25) is 0 Å². The van der Waals surface area contributed by atoms with Gasteiger partial charge < -0.3 is 20.0 Å². The van der Waals surface area contributed by atoms with Crippen LogP contribution in [0.1, 0.15) is 12.0 Å². The molecule has 8 nitrogen and oxygen atoms in total. The number of alkyl halides is 3. The summed E-state index contributed by atoms with van der Waals surface area (Å²) in [5.41, 5.74) is 1.19. The van der Waals surface area contributed by atoms with Gasteiger partial charge in [0.15, 0.2) is 0 Å². The van der Waals surface area contributed by atoms with E-state index in [2.05, 4.69) is 21.9 Å². The number of fused-ring (bicyclic) bond motifs is 1. The smallest absolute Gasteiger partial charge is 0.481 e. The molecular formula is C21H28F3N3O5. The topological polar surface area (TPSA) is 101 Å². The highest BCUT2D eigenvalue weighted by molar-refractivity contribution is 5.76. The molecule has 2 fully saturated rings. The number of hydrogen-bond donors (Lipinski definition) is 2. The lowest BCUT2D eigenvalue weighted by molar-refractivity contribution is -0.192. The molecule has 2 saturated heterocycles. The van der Waals surface area contributed by atoms with E-state index in [9.17, 15) is 27.9 Å². The minimum Gasteiger partial charge on any atom is -0.481 e. The summed E-state index contributed by atoms with van der Waals surface area (Å²) in [6.07, 6.45) is -3.78. The zero-order chi connectivity index (χ0) is 23.9. The van der Waals surface area contributed by atoms with E-state index in [0.29, 0.717) is 32.6 Å². The Morgan fingerprint density at radius 3 is 2.19 bits per heavy atom. The number of carbonyl (C=O) groups excluding carboxylic acids is 1. The monoisotopic (exact) mass is 459 g/mol. The van der Waals surface area contributed by atoms with E-state index in [1.54, 1.807) is 0 Å². The number of halogens is 3. The molecular weight excluding hydrogens is 431 g/mol. The molecule has 11 heteroatoms. The van der Waals surface area contributed by atoms with Gasteiger partial charge in [-0.25, -0.2) is 4.79 Å². The fraction of sp³-hybridized carbons (Fsp3) is 0.571. The molecule has 0 bridgehead atoms. The summed E-state index contributed by atoms with van der Waals surface area (Å²) in [4.78, 5) is 39.2. The van der Waals surface area contributed by atoms with E-state index in [4.69, 9.17) is 9.90 Å². The molecule has 1 aromatic carbocycles. The first kappa shape index (κ1) is 25.6. The first-order chi connectivity index (χ1) is 15.0. The average molecular weight is 459 g/mol.